The van der Waals surface area contributed by atoms with Gasteiger partial charge < -0.3 is 10.1 Å². The molecule has 4 aromatic rings. The van der Waals surface area contributed by atoms with Gasteiger partial charge in [-0.1, -0.05) is 54.2 Å². The Morgan fingerprint density at radius 2 is 1.91 bits per heavy atom. The van der Waals surface area contributed by atoms with Gasteiger partial charge in [-0.05, 0) is 30.2 Å². The van der Waals surface area contributed by atoms with Crippen LogP contribution in [0.4, 0.5) is 0 Å². The van der Waals surface area contributed by atoms with Gasteiger partial charge in [0.15, 0.2) is 5.16 Å². The zero-order valence-electron chi connectivity index (χ0n) is 18.0. The molecule has 0 bridgehead atoms. The van der Waals surface area contributed by atoms with Gasteiger partial charge in [0.05, 0.1) is 17.7 Å². The summed E-state index contributed by atoms with van der Waals surface area (Å²) in [6.45, 7) is 2.23. The molecule has 164 valence electrons. The van der Waals surface area contributed by atoms with Crippen molar-refractivity contribution in [3.63, 3.8) is 0 Å². The summed E-state index contributed by atoms with van der Waals surface area (Å²) in [4.78, 5) is 31.1. The van der Waals surface area contributed by atoms with Gasteiger partial charge in [-0.25, -0.2) is 4.98 Å². The molecule has 8 heteroatoms. The molecule has 0 aliphatic carbocycles. The van der Waals surface area contributed by atoms with Crippen LogP contribution in [0.15, 0.2) is 69.9 Å². The highest BCUT2D eigenvalue weighted by Gasteiger charge is 2.20. The summed E-state index contributed by atoms with van der Waals surface area (Å²) in [5.41, 5.74) is 2.75. The highest BCUT2D eigenvalue weighted by Crippen LogP contribution is 2.32. The molecule has 2 aromatic heterocycles. The third kappa shape index (κ3) is 4.56. The monoisotopic (exact) mass is 465 g/mol. The Morgan fingerprint density at radius 3 is 2.59 bits per heavy atom. The number of nitrogens with one attached hydrogen (secondary N) is 1. The predicted octanol–water partition coefficient (Wildman–Crippen LogP) is 4.47. The van der Waals surface area contributed by atoms with E-state index in [9.17, 15) is 9.59 Å². The molecule has 2 aromatic carbocycles. The summed E-state index contributed by atoms with van der Waals surface area (Å²) < 4.78 is 6.68. The summed E-state index contributed by atoms with van der Waals surface area (Å²) >= 11 is 2.72. The van der Waals surface area contributed by atoms with Crippen LogP contribution >= 0.6 is 23.1 Å². The van der Waals surface area contributed by atoms with Crippen molar-refractivity contribution in [3.8, 4) is 16.9 Å². The summed E-state index contributed by atoms with van der Waals surface area (Å²) in [5, 5.41) is 5.64. The van der Waals surface area contributed by atoms with Gasteiger partial charge in [0.2, 0.25) is 5.91 Å². The molecule has 0 saturated heterocycles. The highest BCUT2D eigenvalue weighted by atomic mass is 32.2. The molecule has 0 aliphatic heterocycles. The number of thioether (sulfide) groups is 1. The Bertz CT molecular complexity index is 1300. The topological polar surface area (TPSA) is 73.2 Å². The number of methoxy groups -OCH3 is 1. The number of amides is 1. The largest absolute Gasteiger partial charge is 0.497 e. The lowest BCUT2D eigenvalue weighted by Crippen LogP contribution is -2.31. The molecule has 1 N–H and O–H groups in total. The summed E-state index contributed by atoms with van der Waals surface area (Å²) in [6, 6.07) is 17.4. The van der Waals surface area contributed by atoms with Crippen molar-refractivity contribution in [1.82, 2.24) is 14.9 Å². The maximum atomic E-state index is 13.1. The van der Waals surface area contributed by atoms with Gasteiger partial charge in [0.1, 0.15) is 10.6 Å². The second kappa shape index (κ2) is 9.58. The molecule has 2 heterocycles. The zero-order valence-corrected chi connectivity index (χ0v) is 19.6. The molecule has 1 unspecified atom stereocenters. The molecular formula is C24H23N3O3S2. The Kier molecular flexibility index (Phi) is 6.62. The first kappa shape index (κ1) is 22.1. The molecule has 1 amide bonds. The molecule has 0 aliphatic rings. The molecule has 6 nitrogen and oxygen atoms in total. The molecule has 0 spiro atoms. The minimum Gasteiger partial charge on any atom is -0.497 e. The molecular weight excluding hydrogens is 442 g/mol. The van der Waals surface area contributed by atoms with E-state index in [0.29, 0.717) is 21.9 Å². The van der Waals surface area contributed by atoms with Crippen LogP contribution in [0.2, 0.25) is 0 Å². The highest BCUT2D eigenvalue weighted by molar-refractivity contribution is 8.00. The first-order valence-corrected chi connectivity index (χ1v) is 11.8. The van der Waals surface area contributed by atoms with Gasteiger partial charge in [-0.15, -0.1) is 11.3 Å². The van der Waals surface area contributed by atoms with Crippen molar-refractivity contribution in [1.29, 1.82) is 0 Å². The number of carbonyl (C=O) groups excluding carboxylic acids is 1. The Morgan fingerprint density at radius 1 is 1.19 bits per heavy atom. The minimum absolute atomic E-state index is 0.108. The van der Waals surface area contributed by atoms with Crippen LogP contribution in [-0.4, -0.2) is 27.8 Å². The normalized spacial score (nSPS) is 12.0. The number of benzene rings is 2. The number of hydrogen-bond acceptors (Lipinski definition) is 6. The number of fused-ring (bicyclic) bond motifs is 1. The fourth-order valence-corrected chi connectivity index (χ4v) is 5.16. The van der Waals surface area contributed by atoms with Crippen LogP contribution in [0.1, 0.15) is 12.5 Å². The van der Waals surface area contributed by atoms with E-state index in [2.05, 4.69) is 5.32 Å². The molecule has 32 heavy (non-hydrogen) atoms. The van der Waals surface area contributed by atoms with Crippen molar-refractivity contribution >= 4 is 39.2 Å². The zero-order chi connectivity index (χ0) is 22.7. The smallest absolute Gasteiger partial charge is 0.263 e. The number of rotatable bonds is 7. The average molecular weight is 466 g/mol. The van der Waals surface area contributed by atoms with E-state index in [1.54, 1.807) is 14.2 Å². The van der Waals surface area contributed by atoms with E-state index in [1.807, 2.05) is 66.9 Å². The standard InChI is InChI=1S/C24H23N3O3S2/c1-15(21(28)25-13-16-9-11-18(30-3)12-10-16)32-24-26-22-20(23(29)27(24)2)19(14-31-22)17-7-5-4-6-8-17/h4-12,14-15H,13H2,1-3H3,(H,25,28). The lowest BCUT2D eigenvalue weighted by molar-refractivity contribution is -0.120. The third-order valence-corrected chi connectivity index (χ3v) is 7.15. The fourth-order valence-electron chi connectivity index (χ4n) is 3.28. The van der Waals surface area contributed by atoms with Crippen LogP contribution in [0, 0.1) is 0 Å². The maximum absolute atomic E-state index is 13.1. The van der Waals surface area contributed by atoms with Crippen LogP contribution < -0.4 is 15.6 Å². The predicted molar refractivity (Wildman–Crippen MR) is 130 cm³/mol. The Hall–Kier alpha value is -3.10. The van der Waals surface area contributed by atoms with Crippen molar-refractivity contribution in [3.05, 3.63) is 75.9 Å². The second-order valence-corrected chi connectivity index (χ2v) is 9.45. The minimum atomic E-state index is -0.405. The quantitative estimate of drug-likeness (QED) is 0.322. The van der Waals surface area contributed by atoms with E-state index in [1.165, 1.54) is 27.7 Å². The number of carbonyl (C=O) groups is 1. The second-order valence-electron chi connectivity index (χ2n) is 7.28. The molecule has 4 rings (SSSR count). The lowest BCUT2D eigenvalue weighted by atomic mass is 10.1. The van der Waals surface area contributed by atoms with E-state index in [0.717, 1.165) is 22.4 Å². The van der Waals surface area contributed by atoms with E-state index in [-0.39, 0.29) is 11.5 Å². The number of nitrogens with zero attached hydrogens (tertiary/aromatic N) is 2. The van der Waals surface area contributed by atoms with Gasteiger partial charge in [-0.3, -0.25) is 14.2 Å². The maximum Gasteiger partial charge on any atom is 0.263 e. The first-order chi connectivity index (χ1) is 15.5. The molecule has 0 fully saturated rings. The Labute approximate surface area is 194 Å². The number of thiophene rings is 1. The fraction of sp³-hybridized carbons (Fsp3) is 0.208. The number of hydrogen-bond donors (Lipinski definition) is 1. The van der Waals surface area contributed by atoms with Crippen LogP contribution in [0.3, 0.4) is 0 Å². The van der Waals surface area contributed by atoms with Gasteiger partial charge in [0.25, 0.3) is 5.56 Å². The first-order valence-electron chi connectivity index (χ1n) is 10.1. The third-order valence-electron chi connectivity index (χ3n) is 5.14. The van der Waals surface area contributed by atoms with Crippen molar-refractivity contribution in [2.45, 2.75) is 23.9 Å². The lowest BCUT2D eigenvalue weighted by Gasteiger charge is -2.14. The van der Waals surface area contributed by atoms with E-state index < -0.39 is 5.25 Å². The van der Waals surface area contributed by atoms with Gasteiger partial charge in [0, 0.05) is 24.5 Å². The van der Waals surface area contributed by atoms with E-state index >= 15 is 0 Å². The SMILES string of the molecule is COc1ccc(CNC(=O)C(C)Sc2nc3scc(-c4ccccc4)c3c(=O)n2C)cc1. The van der Waals surface area contributed by atoms with Crippen LogP contribution in [0.5, 0.6) is 5.75 Å². The molecule has 0 saturated carbocycles. The summed E-state index contributed by atoms with van der Waals surface area (Å²) in [7, 11) is 3.32. The van der Waals surface area contributed by atoms with Crippen molar-refractivity contribution in [2.75, 3.05) is 7.11 Å². The Balaban J connectivity index is 1.50. The molecule has 1 atom stereocenters. The molecule has 0 radical (unpaired) electrons. The summed E-state index contributed by atoms with van der Waals surface area (Å²) in [6.07, 6.45) is 0. The van der Waals surface area contributed by atoms with Crippen LogP contribution in [-0.2, 0) is 18.4 Å². The summed E-state index contributed by atoms with van der Waals surface area (Å²) in [5.74, 6) is 0.659. The van der Waals surface area contributed by atoms with Crippen molar-refractivity contribution in [2.24, 2.45) is 7.05 Å². The van der Waals surface area contributed by atoms with Crippen LogP contribution in [0.25, 0.3) is 21.3 Å². The average Bonchev–Trinajstić information content (AvgIpc) is 3.25. The number of ether oxygens (including phenoxy) is 1. The van der Waals surface area contributed by atoms with Gasteiger partial charge >= 0.3 is 0 Å². The van der Waals surface area contributed by atoms with Gasteiger partial charge in [-0.2, -0.15) is 0 Å². The van der Waals surface area contributed by atoms with E-state index in [4.69, 9.17) is 9.72 Å². The van der Waals surface area contributed by atoms with Crippen molar-refractivity contribution < 1.29 is 9.53 Å². The number of aromatic nitrogens is 2.